The summed E-state index contributed by atoms with van der Waals surface area (Å²) in [6, 6.07) is 5.00. The number of piperidine rings is 1. The van der Waals surface area contributed by atoms with Crippen LogP contribution in [0.15, 0.2) is 18.2 Å². The highest BCUT2D eigenvalue weighted by Gasteiger charge is 2.35. The van der Waals surface area contributed by atoms with Crippen LogP contribution in [0.25, 0.3) is 0 Å². The summed E-state index contributed by atoms with van der Waals surface area (Å²) in [5, 5.41) is 11.0. The monoisotopic (exact) mass is 306 g/mol. The molecular formula is C18H27FN2O. The Bertz CT molecular complexity index is 516. The average molecular weight is 306 g/mol. The molecule has 1 N–H and O–H groups in total. The minimum Gasteiger partial charge on any atom is -0.387 e. The summed E-state index contributed by atoms with van der Waals surface area (Å²) in [4.78, 5) is 4.71. The maximum Gasteiger partial charge on any atom is 0.123 e. The van der Waals surface area contributed by atoms with E-state index >= 15 is 0 Å². The summed E-state index contributed by atoms with van der Waals surface area (Å²) in [7, 11) is 0. The Labute approximate surface area is 132 Å². The first-order chi connectivity index (χ1) is 10.5. The molecule has 22 heavy (non-hydrogen) atoms. The van der Waals surface area contributed by atoms with Crippen molar-refractivity contribution in [2.24, 2.45) is 0 Å². The zero-order chi connectivity index (χ0) is 15.6. The molecule has 0 spiro atoms. The van der Waals surface area contributed by atoms with E-state index in [2.05, 4.69) is 9.80 Å². The van der Waals surface area contributed by atoms with Crippen LogP contribution in [0.4, 0.5) is 4.39 Å². The lowest BCUT2D eigenvalue weighted by Crippen LogP contribution is -2.53. The van der Waals surface area contributed by atoms with E-state index in [0.29, 0.717) is 0 Å². The van der Waals surface area contributed by atoms with Gasteiger partial charge in [-0.1, -0.05) is 6.07 Å². The summed E-state index contributed by atoms with van der Waals surface area (Å²) in [6.45, 7) is 7.54. The van der Waals surface area contributed by atoms with Crippen LogP contribution in [0.3, 0.4) is 0 Å². The molecule has 1 aromatic carbocycles. The third kappa shape index (κ3) is 3.86. The van der Waals surface area contributed by atoms with E-state index in [0.717, 1.165) is 63.2 Å². The standard InChI is InChI=1S/C18H27FN2O/c1-15-11-17(19)6-5-16(15)12-21-10-4-7-18(22,14-21)13-20-8-2-3-9-20/h5-6,11,22H,2-4,7-10,12-14H2,1H3/t18-/m1/s1. The maximum atomic E-state index is 13.2. The predicted molar refractivity (Wildman–Crippen MR) is 86.3 cm³/mol. The van der Waals surface area contributed by atoms with Gasteiger partial charge in [0.1, 0.15) is 5.82 Å². The Balaban J connectivity index is 1.62. The average Bonchev–Trinajstić information content (AvgIpc) is 2.94. The Morgan fingerprint density at radius 3 is 2.59 bits per heavy atom. The van der Waals surface area contributed by atoms with E-state index in [-0.39, 0.29) is 5.82 Å². The lowest BCUT2D eigenvalue weighted by Gasteiger charge is -2.41. The van der Waals surface area contributed by atoms with Crippen molar-refractivity contribution in [3.05, 3.63) is 35.1 Å². The van der Waals surface area contributed by atoms with Gasteiger partial charge in [0.2, 0.25) is 0 Å². The van der Waals surface area contributed by atoms with Gasteiger partial charge < -0.3 is 10.0 Å². The van der Waals surface area contributed by atoms with Crippen LogP contribution in [-0.4, -0.2) is 53.2 Å². The van der Waals surface area contributed by atoms with Gasteiger partial charge in [0.25, 0.3) is 0 Å². The molecule has 2 aliphatic heterocycles. The Kier molecular flexibility index (Phi) is 4.81. The second kappa shape index (κ2) is 6.65. The zero-order valence-corrected chi connectivity index (χ0v) is 13.5. The molecule has 0 unspecified atom stereocenters. The van der Waals surface area contributed by atoms with Crippen LogP contribution in [0.2, 0.25) is 0 Å². The molecule has 1 atom stereocenters. The third-order valence-electron chi connectivity index (χ3n) is 5.05. The van der Waals surface area contributed by atoms with Crippen molar-refractivity contribution in [1.29, 1.82) is 0 Å². The minimum atomic E-state index is -0.587. The van der Waals surface area contributed by atoms with E-state index in [1.54, 1.807) is 6.07 Å². The van der Waals surface area contributed by atoms with Crippen LogP contribution >= 0.6 is 0 Å². The minimum absolute atomic E-state index is 0.176. The SMILES string of the molecule is Cc1cc(F)ccc1CN1CCC[C@@](O)(CN2CCCC2)C1. The summed E-state index contributed by atoms with van der Waals surface area (Å²) in [5.74, 6) is -0.176. The molecule has 3 nitrogen and oxygen atoms in total. The Morgan fingerprint density at radius 1 is 1.14 bits per heavy atom. The lowest BCUT2D eigenvalue weighted by atomic mass is 9.91. The van der Waals surface area contributed by atoms with Crippen molar-refractivity contribution in [3.8, 4) is 0 Å². The second-order valence-corrected chi connectivity index (χ2v) is 7.09. The molecule has 0 radical (unpaired) electrons. The number of halogens is 1. The number of aryl methyl sites for hydroxylation is 1. The summed E-state index contributed by atoms with van der Waals surface area (Å²) in [6.07, 6.45) is 4.44. The number of likely N-dealkylation sites (tertiary alicyclic amines) is 2. The number of hydrogen-bond acceptors (Lipinski definition) is 3. The highest BCUT2D eigenvalue weighted by atomic mass is 19.1. The van der Waals surface area contributed by atoms with Crippen molar-refractivity contribution in [1.82, 2.24) is 9.80 Å². The summed E-state index contributed by atoms with van der Waals surface area (Å²) in [5.41, 5.74) is 1.57. The van der Waals surface area contributed by atoms with E-state index in [9.17, 15) is 9.50 Å². The number of hydrogen-bond donors (Lipinski definition) is 1. The van der Waals surface area contributed by atoms with Gasteiger partial charge in [0.05, 0.1) is 5.60 Å². The van der Waals surface area contributed by atoms with Crippen LogP contribution in [0.5, 0.6) is 0 Å². The molecule has 0 aromatic heterocycles. The van der Waals surface area contributed by atoms with Gasteiger partial charge in [-0.05, 0) is 75.5 Å². The van der Waals surface area contributed by atoms with Crippen molar-refractivity contribution in [2.75, 3.05) is 32.7 Å². The quantitative estimate of drug-likeness (QED) is 0.926. The smallest absolute Gasteiger partial charge is 0.123 e. The molecule has 0 amide bonds. The molecule has 2 saturated heterocycles. The first kappa shape index (κ1) is 15.9. The first-order valence-electron chi connectivity index (χ1n) is 8.46. The van der Waals surface area contributed by atoms with Gasteiger partial charge in [-0.2, -0.15) is 0 Å². The number of aliphatic hydroxyl groups is 1. The highest BCUT2D eigenvalue weighted by Crippen LogP contribution is 2.25. The molecule has 2 aliphatic rings. The first-order valence-corrected chi connectivity index (χ1v) is 8.46. The van der Waals surface area contributed by atoms with Crippen molar-refractivity contribution in [3.63, 3.8) is 0 Å². The number of β-amino-alcohol motifs (C(OH)–C–C–N with tert-alkyl or cyclic N) is 1. The normalized spacial score (nSPS) is 27.4. The maximum absolute atomic E-state index is 13.2. The summed E-state index contributed by atoms with van der Waals surface area (Å²) >= 11 is 0. The number of benzene rings is 1. The molecule has 0 bridgehead atoms. The molecule has 2 fully saturated rings. The molecule has 2 heterocycles. The molecule has 122 valence electrons. The molecule has 3 rings (SSSR count). The van der Waals surface area contributed by atoms with Gasteiger partial charge in [0, 0.05) is 19.6 Å². The lowest BCUT2D eigenvalue weighted by molar-refractivity contribution is -0.0519. The topological polar surface area (TPSA) is 26.7 Å². The van der Waals surface area contributed by atoms with Gasteiger partial charge in [0.15, 0.2) is 0 Å². The number of nitrogens with zero attached hydrogens (tertiary/aromatic N) is 2. The fourth-order valence-corrected chi connectivity index (χ4v) is 3.90. The van der Waals surface area contributed by atoms with Crippen LogP contribution in [0, 0.1) is 12.7 Å². The number of rotatable bonds is 4. The van der Waals surface area contributed by atoms with E-state index in [4.69, 9.17) is 0 Å². The zero-order valence-electron chi connectivity index (χ0n) is 13.5. The van der Waals surface area contributed by atoms with E-state index in [1.807, 2.05) is 13.0 Å². The van der Waals surface area contributed by atoms with Crippen LogP contribution < -0.4 is 0 Å². The molecule has 1 aromatic rings. The van der Waals surface area contributed by atoms with Gasteiger partial charge in [-0.3, -0.25) is 4.90 Å². The van der Waals surface area contributed by atoms with Gasteiger partial charge in [-0.25, -0.2) is 4.39 Å². The van der Waals surface area contributed by atoms with E-state index in [1.165, 1.54) is 18.9 Å². The summed E-state index contributed by atoms with van der Waals surface area (Å²) < 4.78 is 13.2. The van der Waals surface area contributed by atoms with Crippen molar-refractivity contribution >= 4 is 0 Å². The third-order valence-corrected chi connectivity index (χ3v) is 5.05. The Morgan fingerprint density at radius 2 is 1.86 bits per heavy atom. The van der Waals surface area contributed by atoms with Crippen LogP contribution in [0.1, 0.15) is 36.8 Å². The van der Waals surface area contributed by atoms with Crippen molar-refractivity contribution < 1.29 is 9.50 Å². The fourth-order valence-electron chi connectivity index (χ4n) is 3.90. The highest BCUT2D eigenvalue weighted by molar-refractivity contribution is 5.26. The molecule has 4 heteroatoms. The van der Waals surface area contributed by atoms with E-state index < -0.39 is 5.60 Å². The second-order valence-electron chi connectivity index (χ2n) is 7.09. The fraction of sp³-hybridized carbons (Fsp3) is 0.667. The van der Waals surface area contributed by atoms with Gasteiger partial charge in [-0.15, -0.1) is 0 Å². The van der Waals surface area contributed by atoms with Crippen molar-refractivity contribution in [2.45, 2.75) is 44.8 Å². The largest absolute Gasteiger partial charge is 0.387 e. The predicted octanol–water partition coefficient (Wildman–Crippen LogP) is 2.56. The molecule has 0 aliphatic carbocycles. The van der Waals surface area contributed by atoms with Crippen LogP contribution in [-0.2, 0) is 6.54 Å². The molecule has 0 saturated carbocycles. The molecular weight excluding hydrogens is 279 g/mol. The Hall–Kier alpha value is -0.970. The van der Waals surface area contributed by atoms with Gasteiger partial charge >= 0.3 is 0 Å².